The van der Waals surface area contributed by atoms with E-state index in [9.17, 15) is 20.2 Å². The molecule has 0 unspecified atom stereocenters. The number of hydrogen-bond acceptors (Lipinski definition) is 5. The topological polar surface area (TPSA) is 95.5 Å². The molecule has 23 heavy (non-hydrogen) atoms. The Morgan fingerprint density at radius 3 is 2.17 bits per heavy atom. The number of hydrogen-bond donors (Lipinski definition) is 0. The van der Waals surface area contributed by atoms with Crippen molar-refractivity contribution in [1.82, 2.24) is 0 Å². The summed E-state index contributed by atoms with van der Waals surface area (Å²) in [7, 11) is 0. The summed E-state index contributed by atoms with van der Waals surface area (Å²) in [4.78, 5) is 20.4. The van der Waals surface area contributed by atoms with Crippen molar-refractivity contribution in [2.24, 2.45) is 0 Å². The van der Waals surface area contributed by atoms with E-state index in [1.54, 1.807) is 19.9 Å². The third-order valence-corrected chi connectivity index (χ3v) is 4.19. The van der Waals surface area contributed by atoms with Gasteiger partial charge in [0, 0.05) is 11.1 Å². The Bertz CT molecular complexity index is 823. The quantitative estimate of drug-likeness (QED) is 0.552. The fraction of sp³-hybridized carbons (Fsp3) is 0.143. The van der Waals surface area contributed by atoms with Crippen LogP contribution in [-0.2, 0) is 0 Å². The molecule has 2 aromatic carbocycles. The highest BCUT2D eigenvalue weighted by molar-refractivity contribution is 6.37. The van der Waals surface area contributed by atoms with E-state index in [0.717, 1.165) is 18.2 Å². The summed E-state index contributed by atoms with van der Waals surface area (Å²) in [6, 6.07) is 4.65. The van der Waals surface area contributed by atoms with Crippen molar-refractivity contribution in [2.75, 3.05) is 0 Å². The SMILES string of the molecule is Cc1cc(Oc2ccc([N+](=O)[O-])cc2[N+](=O)[O-])c(Cl)c(C)c1Cl. The zero-order valence-electron chi connectivity index (χ0n) is 12.0. The first-order valence-electron chi connectivity index (χ1n) is 6.28. The summed E-state index contributed by atoms with van der Waals surface area (Å²) in [6.07, 6.45) is 0. The summed E-state index contributed by atoms with van der Waals surface area (Å²) in [6.45, 7) is 3.43. The second kappa shape index (κ2) is 6.39. The molecule has 0 saturated heterocycles. The van der Waals surface area contributed by atoms with E-state index >= 15 is 0 Å². The van der Waals surface area contributed by atoms with Crippen molar-refractivity contribution in [3.63, 3.8) is 0 Å². The molecular weight excluding hydrogens is 347 g/mol. The van der Waals surface area contributed by atoms with Gasteiger partial charge in [0.1, 0.15) is 5.75 Å². The van der Waals surface area contributed by atoms with Crippen LogP contribution in [0.15, 0.2) is 24.3 Å². The highest BCUT2D eigenvalue weighted by atomic mass is 35.5. The average Bonchev–Trinajstić information content (AvgIpc) is 2.50. The number of non-ortho nitro benzene ring substituents is 1. The molecule has 0 saturated carbocycles. The van der Waals surface area contributed by atoms with Crippen LogP contribution in [0.1, 0.15) is 11.1 Å². The summed E-state index contributed by atoms with van der Waals surface area (Å²) in [5.41, 5.74) is 0.333. The van der Waals surface area contributed by atoms with Crippen LogP contribution < -0.4 is 4.74 Å². The van der Waals surface area contributed by atoms with Gasteiger partial charge in [-0.05, 0) is 37.1 Å². The Labute approximate surface area is 140 Å². The van der Waals surface area contributed by atoms with E-state index in [0.29, 0.717) is 16.1 Å². The second-order valence-corrected chi connectivity index (χ2v) is 5.47. The normalized spacial score (nSPS) is 10.4. The van der Waals surface area contributed by atoms with Gasteiger partial charge in [0.15, 0.2) is 0 Å². The third-order valence-electron chi connectivity index (χ3n) is 3.14. The standard InChI is InChI=1S/C14H10Cl2N2O5/c1-7-5-12(14(16)8(2)13(7)15)23-11-4-3-9(17(19)20)6-10(11)18(21)22/h3-6H,1-2H3. The molecule has 0 N–H and O–H groups in total. The third kappa shape index (κ3) is 3.35. The van der Waals surface area contributed by atoms with Crippen LogP contribution in [0.3, 0.4) is 0 Å². The molecule has 0 aliphatic carbocycles. The molecule has 0 radical (unpaired) electrons. The molecule has 0 bridgehead atoms. The molecular formula is C14H10Cl2N2O5. The maximum absolute atomic E-state index is 11.1. The molecule has 2 rings (SSSR count). The molecule has 0 amide bonds. The van der Waals surface area contributed by atoms with Gasteiger partial charge in [-0.25, -0.2) is 0 Å². The fourth-order valence-electron chi connectivity index (χ4n) is 1.94. The van der Waals surface area contributed by atoms with E-state index in [-0.39, 0.29) is 16.5 Å². The maximum atomic E-state index is 11.1. The van der Waals surface area contributed by atoms with Gasteiger partial charge < -0.3 is 4.74 Å². The van der Waals surface area contributed by atoms with Gasteiger partial charge >= 0.3 is 5.69 Å². The number of aryl methyl sites for hydroxylation is 1. The maximum Gasteiger partial charge on any atom is 0.318 e. The predicted molar refractivity (Wildman–Crippen MR) is 85.8 cm³/mol. The van der Waals surface area contributed by atoms with Crippen molar-refractivity contribution in [2.45, 2.75) is 13.8 Å². The number of halogens is 2. The first-order chi connectivity index (χ1) is 10.7. The van der Waals surface area contributed by atoms with Crippen molar-refractivity contribution in [3.8, 4) is 11.5 Å². The Balaban J connectivity index is 2.53. The number of ether oxygens (including phenoxy) is 1. The number of benzene rings is 2. The molecule has 0 heterocycles. The minimum atomic E-state index is -0.758. The zero-order valence-corrected chi connectivity index (χ0v) is 13.5. The lowest BCUT2D eigenvalue weighted by atomic mass is 10.1. The van der Waals surface area contributed by atoms with E-state index in [1.807, 2.05) is 0 Å². The van der Waals surface area contributed by atoms with Gasteiger partial charge in [0.05, 0.1) is 20.9 Å². The summed E-state index contributed by atoms with van der Waals surface area (Å²) < 4.78 is 5.50. The van der Waals surface area contributed by atoms with Gasteiger partial charge in [-0.15, -0.1) is 0 Å². The van der Waals surface area contributed by atoms with E-state index < -0.39 is 21.2 Å². The number of nitro groups is 2. The number of nitro benzene ring substituents is 2. The minimum Gasteiger partial charge on any atom is -0.449 e. The summed E-state index contributed by atoms with van der Waals surface area (Å²) >= 11 is 12.2. The van der Waals surface area contributed by atoms with Crippen LogP contribution in [0.4, 0.5) is 11.4 Å². The highest BCUT2D eigenvalue weighted by Crippen LogP contribution is 2.40. The molecule has 0 spiro atoms. The fourth-order valence-corrected chi connectivity index (χ4v) is 2.33. The Hall–Kier alpha value is -2.38. The van der Waals surface area contributed by atoms with Gasteiger partial charge in [-0.1, -0.05) is 23.2 Å². The first-order valence-corrected chi connectivity index (χ1v) is 7.04. The lowest BCUT2D eigenvalue weighted by Gasteiger charge is -2.12. The summed E-state index contributed by atoms with van der Waals surface area (Å²) in [5, 5.41) is 22.5. The molecule has 0 aromatic heterocycles. The van der Waals surface area contributed by atoms with Gasteiger partial charge in [-0.3, -0.25) is 20.2 Å². The van der Waals surface area contributed by atoms with Crippen LogP contribution in [0.5, 0.6) is 11.5 Å². The molecule has 0 atom stereocenters. The number of rotatable bonds is 4. The molecule has 0 aliphatic rings. The molecule has 0 fully saturated rings. The van der Waals surface area contributed by atoms with Crippen LogP contribution in [0, 0.1) is 34.1 Å². The van der Waals surface area contributed by atoms with Crippen LogP contribution in [0.25, 0.3) is 0 Å². The number of nitrogens with zero attached hydrogens (tertiary/aromatic N) is 2. The van der Waals surface area contributed by atoms with E-state index in [1.165, 1.54) is 0 Å². The van der Waals surface area contributed by atoms with Crippen LogP contribution in [0.2, 0.25) is 10.0 Å². The molecule has 9 heteroatoms. The smallest absolute Gasteiger partial charge is 0.318 e. The van der Waals surface area contributed by atoms with Crippen molar-refractivity contribution in [3.05, 3.63) is 65.7 Å². The summed E-state index contributed by atoms with van der Waals surface area (Å²) in [5.74, 6) is 0.0339. The lowest BCUT2D eigenvalue weighted by molar-refractivity contribution is -0.394. The lowest BCUT2D eigenvalue weighted by Crippen LogP contribution is -1.97. The Kier molecular flexibility index (Phi) is 4.72. The second-order valence-electron chi connectivity index (χ2n) is 4.71. The minimum absolute atomic E-state index is 0.149. The average molecular weight is 357 g/mol. The van der Waals surface area contributed by atoms with Gasteiger partial charge in [0.25, 0.3) is 5.69 Å². The van der Waals surface area contributed by atoms with E-state index in [4.69, 9.17) is 27.9 Å². The van der Waals surface area contributed by atoms with Gasteiger partial charge in [0.2, 0.25) is 5.75 Å². The van der Waals surface area contributed by atoms with Crippen molar-refractivity contribution in [1.29, 1.82) is 0 Å². The molecule has 7 nitrogen and oxygen atoms in total. The van der Waals surface area contributed by atoms with Crippen LogP contribution >= 0.6 is 23.2 Å². The van der Waals surface area contributed by atoms with Crippen molar-refractivity contribution < 1.29 is 14.6 Å². The van der Waals surface area contributed by atoms with Gasteiger partial charge in [-0.2, -0.15) is 0 Å². The Morgan fingerprint density at radius 1 is 0.957 bits per heavy atom. The monoisotopic (exact) mass is 356 g/mol. The zero-order chi connectivity index (χ0) is 17.3. The largest absolute Gasteiger partial charge is 0.449 e. The van der Waals surface area contributed by atoms with Crippen LogP contribution in [-0.4, -0.2) is 9.85 Å². The Morgan fingerprint density at radius 2 is 1.61 bits per heavy atom. The van der Waals surface area contributed by atoms with E-state index in [2.05, 4.69) is 0 Å². The highest BCUT2D eigenvalue weighted by Gasteiger charge is 2.22. The predicted octanol–water partition coefficient (Wildman–Crippen LogP) is 5.22. The molecule has 2 aromatic rings. The molecule has 120 valence electrons. The molecule has 0 aliphatic heterocycles. The first kappa shape index (κ1) is 17.0. The van der Waals surface area contributed by atoms with Crippen molar-refractivity contribution >= 4 is 34.6 Å².